The average Bonchev–Trinajstić information content (AvgIpc) is 3.08. The summed E-state index contributed by atoms with van der Waals surface area (Å²) in [6.07, 6.45) is 3.60. The molecule has 0 aromatic heterocycles. The zero-order chi connectivity index (χ0) is 24.7. The van der Waals surface area contributed by atoms with Crippen LogP contribution in [0, 0.1) is 0 Å². The average molecular weight is 503 g/mol. The number of hydrogen-bond donors (Lipinski definition) is 1. The number of esters is 1. The second-order valence-electron chi connectivity index (χ2n) is 7.27. The quantitative estimate of drug-likeness (QED) is 0.293. The highest BCUT2D eigenvalue weighted by atomic mass is 35.5. The van der Waals surface area contributed by atoms with Gasteiger partial charge in [-0.2, -0.15) is 0 Å². The van der Waals surface area contributed by atoms with Crippen molar-refractivity contribution in [3.63, 3.8) is 0 Å². The number of carbonyl (C=O) groups excluding carboxylic acids is 4. The van der Waals surface area contributed by atoms with Crippen molar-refractivity contribution >= 4 is 58.1 Å². The molecule has 0 unspecified atom stereocenters. The fourth-order valence-corrected chi connectivity index (χ4v) is 4.03. The van der Waals surface area contributed by atoms with Gasteiger partial charge in [0.05, 0.1) is 29.2 Å². The molecule has 1 aliphatic rings. The topological polar surface area (TPSA) is 102 Å². The van der Waals surface area contributed by atoms with Gasteiger partial charge in [-0.15, -0.1) is 0 Å². The van der Waals surface area contributed by atoms with Gasteiger partial charge < -0.3 is 14.8 Å². The second-order valence-corrected chi connectivity index (χ2v) is 8.67. The van der Waals surface area contributed by atoms with Gasteiger partial charge >= 0.3 is 5.97 Å². The Morgan fingerprint density at radius 3 is 2.56 bits per heavy atom. The van der Waals surface area contributed by atoms with Crippen LogP contribution in [0.2, 0.25) is 5.02 Å². The molecule has 0 aliphatic carbocycles. The maximum Gasteiger partial charge on any atom is 0.339 e. The third-order valence-corrected chi connectivity index (χ3v) is 6.01. The molecular weight excluding hydrogens is 480 g/mol. The van der Waals surface area contributed by atoms with Crippen molar-refractivity contribution in [2.45, 2.75) is 19.8 Å². The molecule has 2 aromatic carbocycles. The Morgan fingerprint density at radius 2 is 1.88 bits per heavy atom. The smallest absolute Gasteiger partial charge is 0.339 e. The zero-order valence-corrected chi connectivity index (χ0v) is 20.2. The fraction of sp³-hybridized carbons (Fsp3) is 0.250. The van der Waals surface area contributed by atoms with Gasteiger partial charge in [0.2, 0.25) is 5.91 Å². The molecule has 34 heavy (non-hydrogen) atoms. The number of imide groups is 1. The molecule has 1 aliphatic heterocycles. The minimum atomic E-state index is -0.655. The van der Waals surface area contributed by atoms with Crippen molar-refractivity contribution in [2.24, 2.45) is 0 Å². The first-order valence-electron chi connectivity index (χ1n) is 10.5. The normalized spacial score (nSPS) is 14.4. The van der Waals surface area contributed by atoms with Crippen LogP contribution in [0.3, 0.4) is 0 Å². The minimum Gasteiger partial charge on any atom is -0.494 e. The monoisotopic (exact) mass is 502 g/mol. The zero-order valence-electron chi connectivity index (χ0n) is 18.6. The Balaban J connectivity index is 1.63. The van der Waals surface area contributed by atoms with Gasteiger partial charge in [-0.1, -0.05) is 37.1 Å². The summed E-state index contributed by atoms with van der Waals surface area (Å²) in [6, 6.07) is 11.5. The van der Waals surface area contributed by atoms with Crippen LogP contribution in [0.25, 0.3) is 6.08 Å². The predicted molar refractivity (Wildman–Crippen MR) is 131 cm³/mol. The SMILES string of the molecule is CCCCOc1ccc(/C=C2\SC(=O)N(CC(=O)Nc3ccc(Cl)c(C(=O)OC)c3)C2=O)cc1. The molecule has 0 saturated carbocycles. The number of methoxy groups -OCH3 is 1. The summed E-state index contributed by atoms with van der Waals surface area (Å²) in [4.78, 5) is 50.4. The molecule has 1 heterocycles. The lowest BCUT2D eigenvalue weighted by atomic mass is 10.2. The number of ether oxygens (including phenoxy) is 2. The molecule has 2 aromatic rings. The Kier molecular flexibility index (Phi) is 8.72. The molecule has 8 nitrogen and oxygen atoms in total. The van der Waals surface area contributed by atoms with Gasteiger partial charge in [0.25, 0.3) is 11.1 Å². The van der Waals surface area contributed by atoms with Crippen molar-refractivity contribution in [1.29, 1.82) is 0 Å². The number of thioether (sulfide) groups is 1. The van der Waals surface area contributed by atoms with Crippen molar-refractivity contribution in [2.75, 3.05) is 25.6 Å². The van der Waals surface area contributed by atoms with Crippen LogP contribution in [0.1, 0.15) is 35.7 Å². The summed E-state index contributed by atoms with van der Waals surface area (Å²) >= 11 is 6.74. The molecule has 10 heteroatoms. The number of nitrogens with zero attached hydrogens (tertiary/aromatic N) is 1. The van der Waals surface area contributed by atoms with Crippen LogP contribution in [0.5, 0.6) is 5.75 Å². The number of halogens is 1. The fourth-order valence-electron chi connectivity index (χ4n) is 3.00. The lowest BCUT2D eigenvalue weighted by Gasteiger charge is -2.13. The maximum absolute atomic E-state index is 12.7. The van der Waals surface area contributed by atoms with E-state index in [1.165, 1.54) is 25.3 Å². The van der Waals surface area contributed by atoms with Crippen LogP contribution in [0.4, 0.5) is 10.5 Å². The van der Waals surface area contributed by atoms with E-state index in [9.17, 15) is 19.2 Å². The first kappa shape index (κ1) is 25.3. The van der Waals surface area contributed by atoms with Crippen LogP contribution < -0.4 is 10.1 Å². The van der Waals surface area contributed by atoms with E-state index in [1.807, 2.05) is 0 Å². The van der Waals surface area contributed by atoms with Crippen molar-refractivity contribution in [3.8, 4) is 5.75 Å². The molecule has 0 atom stereocenters. The van der Waals surface area contributed by atoms with Crippen LogP contribution >= 0.6 is 23.4 Å². The van der Waals surface area contributed by atoms with Crippen LogP contribution in [0.15, 0.2) is 47.4 Å². The van der Waals surface area contributed by atoms with Crippen LogP contribution in [-0.2, 0) is 14.3 Å². The Hall–Kier alpha value is -3.30. The molecule has 0 radical (unpaired) electrons. The summed E-state index contributed by atoms with van der Waals surface area (Å²) in [7, 11) is 1.22. The number of carbonyl (C=O) groups is 4. The van der Waals surface area contributed by atoms with Gasteiger partial charge in [-0.3, -0.25) is 19.3 Å². The number of anilines is 1. The molecule has 3 amide bonds. The third-order valence-electron chi connectivity index (χ3n) is 4.78. The molecule has 3 rings (SSSR count). The molecule has 0 spiro atoms. The number of rotatable bonds is 9. The molecular formula is C24H23ClN2O6S. The number of unbranched alkanes of at least 4 members (excludes halogenated alkanes) is 1. The van der Waals surface area contributed by atoms with Gasteiger partial charge in [0.1, 0.15) is 12.3 Å². The summed E-state index contributed by atoms with van der Waals surface area (Å²) in [6.45, 7) is 2.25. The predicted octanol–water partition coefficient (Wildman–Crippen LogP) is 4.98. The van der Waals surface area contributed by atoms with E-state index in [2.05, 4.69) is 17.0 Å². The van der Waals surface area contributed by atoms with E-state index in [0.717, 1.165) is 40.8 Å². The first-order chi connectivity index (χ1) is 16.3. The van der Waals surface area contributed by atoms with Crippen molar-refractivity contribution in [3.05, 3.63) is 63.5 Å². The highest BCUT2D eigenvalue weighted by Gasteiger charge is 2.36. The number of amides is 3. The number of hydrogen-bond acceptors (Lipinski definition) is 7. The highest BCUT2D eigenvalue weighted by molar-refractivity contribution is 8.18. The van der Waals surface area contributed by atoms with E-state index in [1.54, 1.807) is 30.3 Å². The second kappa shape index (κ2) is 11.7. The summed E-state index contributed by atoms with van der Waals surface area (Å²) < 4.78 is 10.3. The van der Waals surface area contributed by atoms with E-state index in [4.69, 9.17) is 16.3 Å². The van der Waals surface area contributed by atoms with Gasteiger partial charge in [-0.05, 0) is 60.2 Å². The molecule has 1 fully saturated rings. The van der Waals surface area contributed by atoms with E-state index < -0.39 is 29.6 Å². The molecule has 1 N–H and O–H groups in total. The third kappa shape index (κ3) is 6.39. The highest BCUT2D eigenvalue weighted by Crippen LogP contribution is 2.32. The van der Waals surface area contributed by atoms with E-state index in [-0.39, 0.29) is 21.2 Å². The first-order valence-corrected chi connectivity index (χ1v) is 11.7. The van der Waals surface area contributed by atoms with Gasteiger partial charge in [0, 0.05) is 5.69 Å². The van der Waals surface area contributed by atoms with Crippen LogP contribution in [-0.4, -0.2) is 48.2 Å². The standard InChI is InChI=1S/C24H23ClN2O6S/c1-3-4-11-33-17-8-5-15(6-9-17)12-20-22(29)27(24(31)34-20)14-21(28)26-16-7-10-19(25)18(13-16)23(30)32-2/h5-10,12-13H,3-4,11,14H2,1-2H3,(H,26,28)/b20-12-. The Bertz CT molecular complexity index is 1130. The Morgan fingerprint density at radius 1 is 1.15 bits per heavy atom. The lowest BCUT2D eigenvalue weighted by molar-refractivity contribution is -0.127. The van der Waals surface area contributed by atoms with Crippen molar-refractivity contribution < 1.29 is 28.7 Å². The van der Waals surface area contributed by atoms with Gasteiger partial charge in [-0.25, -0.2) is 4.79 Å². The number of nitrogens with one attached hydrogen (secondary N) is 1. The van der Waals surface area contributed by atoms with Crippen molar-refractivity contribution in [1.82, 2.24) is 4.90 Å². The largest absolute Gasteiger partial charge is 0.494 e. The maximum atomic E-state index is 12.7. The summed E-state index contributed by atoms with van der Waals surface area (Å²) in [5, 5.41) is 2.18. The Labute approximate surface area is 206 Å². The molecule has 0 bridgehead atoms. The lowest BCUT2D eigenvalue weighted by Crippen LogP contribution is -2.36. The number of benzene rings is 2. The van der Waals surface area contributed by atoms with Gasteiger partial charge in [0.15, 0.2) is 0 Å². The molecule has 178 valence electrons. The molecule has 1 saturated heterocycles. The van der Waals surface area contributed by atoms with E-state index >= 15 is 0 Å². The minimum absolute atomic E-state index is 0.0813. The summed E-state index contributed by atoms with van der Waals surface area (Å²) in [5.74, 6) is -1.08. The summed E-state index contributed by atoms with van der Waals surface area (Å²) in [5.41, 5.74) is 1.09. The van der Waals surface area contributed by atoms with E-state index in [0.29, 0.717) is 6.61 Å².